The molecule has 6 rings (SSSR count). The van der Waals surface area contributed by atoms with Crippen LogP contribution in [0.5, 0.6) is 5.75 Å². The van der Waals surface area contributed by atoms with E-state index in [0.29, 0.717) is 28.6 Å². The number of aromatic nitrogens is 2. The van der Waals surface area contributed by atoms with Gasteiger partial charge in [0.15, 0.2) is 0 Å². The van der Waals surface area contributed by atoms with E-state index in [0.717, 1.165) is 113 Å². The first-order valence-corrected chi connectivity index (χ1v) is 17.8. The van der Waals surface area contributed by atoms with Crippen LogP contribution in [0.4, 0.5) is 24.7 Å². The Bertz CT molecular complexity index is 1730. The van der Waals surface area contributed by atoms with Crippen LogP contribution in [0.1, 0.15) is 79.9 Å². The number of rotatable bonds is 7. The summed E-state index contributed by atoms with van der Waals surface area (Å²) < 4.78 is 46.4. The zero-order chi connectivity index (χ0) is 35.4. The van der Waals surface area contributed by atoms with Crippen molar-refractivity contribution in [2.75, 3.05) is 64.0 Å². The molecule has 3 aromatic rings. The van der Waals surface area contributed by atoms with Gasteiger partial charge in [-0.3, -0.25) is 9.69 Å². The van der Waals surface area contributed by atoms with Gasteiger partial charge in [-0.15, -0.1) is 0 Å². The number of alkyl halides is 3. The molecule has 50 heavy (non-hydrogen) atoms. The summed E-state index contributed by atoms with van der Waals surface area (Å²) in [5.74, 6) is 9.57. The Balaban J connectivity index is 1.10. The number of piperidine rings is 1. The Labute approximate surface area is 292 Å². The van der Waals surface area contributed by atoms with E-state index in [2.05, 4.69) is 37.3 Å². The highest BCUT2D eigenvalue weighted by Crippen LogP contribution is 2.43. The van der Waals surface area contributed by atoms with Crippen molar-refractivity contribution >= 4 is 28.3 Å². The highest BCUT2D eigenvalue weighted by atomic mass is 19.4. The minimum Gasteiger partial charge on any atom is -0.496 e. The van der Waals surface area contributed by atoms with E-state index in [4.69, 9.17) is 10.5 Å². The van der Waals surface area contributed by atoms with E-state index in [9.17, 15) is 18.0 Å². The van der Waals surface area contributed by atoms with Crippen molar-refractivity contribution in [3.05, 3.63) is 52.8 Å². The molecule has 12 heteroatoms. The molecule has 268 valence electrons. The summed E-state index contributed by atoms with van der Waals surface area (Å²) in [4.78, 5) is 27.2. The van der Waals surface area contributed by atoms with Gasteiger partial charge in [0, 0.05) is 55.2 Å². The Morgan fingerprint density at radius 3 is 2.44 bits per heavy atom. The maximum Gasteiger partial charge on any atom is 0.416 e. The third-order valence-corrected chi connectivity index (χ3v) is 10.5. The number of amides is 1. The lowest BCUT2D eigenvalue weighted by Gasteiger charge is -2.37. The third-order valence-electron chi connectivity index (χ3n) is 10.5. The molecule has 1 amide bonds. The molecule has 1 aliphatic carbocycles. The number of piperazine rings is 1. The van der Waals surface area contributed by atoms with Crippen LogP contribution < -0.4 is 21.1 Å². The Morgan fingerprint density at radius 2 is 1.76 bits per heavy atom. The number of hydrogen-bond acceptors (Lipinski definition) is 8. The number of carbonyl (C=O) groups excluding carboxylic acids is 1. The van der Waals surface area contributed by atoms with Crippen LogP contribution in [-0.2, 0) is 11.0 Å². The fourth-order valence-corrected chi connectivity index (χ4v) is 7.58. The molecule has 2 aliphatic heterocycles. The van der Waals surface area contributed by atoms with Gasteiger partial charge in [-0.05, 0) is 107 Å². The molecule has 1 saturated carbocycles. The van der Waals surface area contributed by atoms with Crippen molar-refractivity contribution in [2.24, 2.45) is 11.8 Å². The highest BCUT2D eigenvalue weighted by Gasteiger charge is 2.34. The number of nitrogens with two attached hydrogens (primary N) is 1. The van der Waals surface area contributed by atoms with Crippen LogP contribution in [0.2, 0.25) is 0 Å². The van der Waals surface area contributed by atoms with Gasteiger partial charge in [0.2, 0.25) is 5.91 Å². The molecule has 4 N–H and O–H groups in total. The molecule has 0 radical (unpaired) electrons. The number of ether oxygens (including phenoxy) is 1. The zero-order valence-electron chi connectivity index (χ0n) is 29.2. The van der Waals surface area contributed by atoms with E-state index in [1.807, 2.05) is 17.0 Å². The fourth-order valence-electron chi connectivity index (χ4n) is 7.58. The molecule has 2 aromatic carbocycles. The van der Waals surface area contributed by atoms with Crippen LogP contribution in [0, 0.1) is 30.6 Å². The number of aryl methyl sites for hydroxylation is 1. The lowest BCUT2D eigenvalue weighted by molar-refractivity contribution is -0.138. The van der Waals surface area contributed by atoms with Crippen LogP contribution in [-0.4, -0.2) is 78.6 Å². The molecule has 9 nitrogen and oxygen atoms in total. The first-order chi connectivity index (χ1) is 24.0. The molecule has 3 fully saturated rings. The van der Waals surface area contributed by atoms with E-state index in [1.165, 1.54) is 0 Å². The molecule has 1 atom stereocenters. The number of nitrogens with one attached hydrogen (secondary N) is 2. The second-order valence-electron chi connectivity index (χ2n) is 14.0. The summed E-state index contributed by atoms with van der Waals surface area (Å²) in [6.07, 6.45) is 1.04. The minimum absolute atomic E-state index is 0.00733. The van der Waals surface area contributed by atoms with Gasteiger partial charge < -0.3 is 26.0 Å². The van der Waals surface area contributed by atoms with Gasteiger partial charge in [0.1, 0.15) is 17.4 Å². The van der Waals surface area contributed by atoms with Crippen molar-refractivity contribution in [2.45, 2.75) is 70.5 Å². The van der Waals surface area contributed by atoms with E-state index in [1.54, 1.807) is 27.0 Å². The summed E-state index contributed by atoms with van der Waals surface area (Å²) in [7, 11) is 1.64. The average molecular weight is 692 g/mol. The number of hydrogen-bond donors (Lipinski definition) is 3. The first kappa shape index (κ1) is 35.7. The molecule has 0 bridgehead atoms. The number of carbonyl (C=O) groups is 1. The van der Waals surface area contributed by atoms with Crippen LogP contribution in [0.3, 0.4) is 0 Å². The topological polar surface area (TPSA) is 109 Å². The van der Waals surface area contributed by atoms with Crippen molar-refractivity contribution < 1.29 is 22.7 Å². The molecule has 3 aliphatic rings. The summed E-state index contributed by atoms with van der Waals surface area (Å²) >= 11 is 0. The molecule has 0 spiro atoms. The van der Waals surface area contributed by atoms with Gasteiger partial charge in [-0.25, -0.2) is 9.97 Å². The average Bonchev–Trinajstić information content (AvgIpc) is 3.11. The summed E-state index contributed by atoms with van der Waals surface area (Å²) in [5, 5.41) is 7.47. The van der Waals surface area contributed by atoms with E-state index in [-0.39, 0.29) is 23.4 Å². The SMILES string of the molecule is COc1cc2nc(C)nc(N[C@H](C)c3cc(N)cc(C(F)(F)F)c3)c2cc1C1CCC(C(=O)N2CCN(CC#CC3CCNCC3)CC2)CC1. The second kappa shape index (κ2) is 15.4. The molecule has 2 saturated heterocycles. The Hall–Kier alpha value is -4.08. The van der Waals surface area contributed by atoms with Gasteiger partial charge in [0.25, 0.3) is 0 Å². The molecule has 1 aromatic heterocycles. The summed E-state index contributed by atoms with van der Waals surface area (Å²) in [5.41, 5.74) is 7.21. The second-order valence-corrected chi connectivity index (χ2v) is 14.0. The fraction of sp³-hybridized carbons (Fsp3) is 0.553. The number of benzene rings is 2. The van der Waals surface area contributed by atoms with Crippen LogP contribution in [0.25, 0.3) is 10.9 Å². The predicted molar refractivity (Wildman–Crippen MR) is 190 cm³/mol. The van der Waals surface area contributed by atoms with Crippen LogP contribution in [0.15, 0.2) is 30.3 Å². The van der Waals surface area contributed by atoms with Gasteiger partial charge in [-0.1, -0.05) is 11.8 Å². The smallest absolute Gasteiger partial charge is 0.416 e. The predicted octanol–water partition coefficient (Wildman–Crippen LogP) is 6.14. The Morgan fingerprint density at radius 1 is 1.04 bits per heavy atom. The normalized spacial score (nSPS) is 21.4. The minimum atomic E-state index is -4.51. The van der Waals surface area contributed by atoms with Crippen LogP contribution >= 0.6 is 0 Å². The maximum absolute atomic E-state index is 13.6. The molecule has 3 heterocycles. The highest BCUT2D eigenvalue weighted by molar-refractivity contribution is 5.91. The number of anilines is 2. The number of fused-ring (bicyclic) bond motifs is 1. The van der Waals surface area contributed by atoms with Gasteiger partial charge in [0.05, 0.1) is 30.8 Å². The summed E-state index contributed by atoms with van der Waals surface area (Å²) in [6, 6.07) is 7.04. The van der Waals surface area contributed by atoms with Crippen molar-refractivity contribution in [1.82, 2.24) is 25.1 Å². The Kier molecular flexibility index (Phi) is 11.0. The largest absolute Gasteiger partial charge is 0.496 e. The first-order valence-electron chi connectivity index (χ1n) is 17.8. The molecular formula is C38H48F3N7O2. The van der Waals surface area contributed by atoms with Gasteiger partial charge >= 0.3 is 6.18 Å². The molecular weight excluding hydrogens is 643 g/mol. The maximum atomic E-state index is 13.6. The lowest BCUT2D eigenvalue weighted by Crippen LogP contribution is -2.50. The van der Waals surface area contributed by atoms with E-state index < -0.39 is 17.8 Å². The number of nitrogen functional groups attached to an aromatic ring is 1. The quantitative estimate of drug-likeness (QED) is 0.200. The van der Waals surface area contributed by atoms with E-state index >= 15 is 0 Å². The standard InChI is InChI=1S/C38H48F3N7O2/c1-24(29-19-30(38(39,40)41)21-31(42)20-29)44-36-33-22-32(35(50-3)23-34(33)45-25(2)46-36)27-6-8-28(9-7-27)37(49)48-17-15-47(16-18-48)14-4-5-26-10-12-43-13-11-26/h19-24,26-28,43H,6-18,42H2,1-3H3,(H,44,45,46)/t24-,27?,28?/m1/s1. The van der Waals surface area contributed by atoms with Crippen molar-refractivity contribution in [3.63, 3.8) is 0 Å². The lowest BCUT2D eigenvalue weighted by atomic mass is 9.77. The van der Waals surface area contributed by atoms with Crippen molar-refractivity contribution in [1.29, 1.82) is 0 Å². The summed E-state index contributed by atoms with van der Waals surface area (Å²) in [6.45, 7) is 9.63. The number of halogens is 3. The third kappa shape index (κ3) is 8.44. The zero-order valence-corrected chi connectivity index (χ0v) is 29.2. The monoisotopic (exact) mass is 691 g/mol. The number of nitrogens with zero attached hydrogens (tertiary/aromatic N) is 4. The molecule has 0 unspecified atom stereocenters. The van der Waals surface area contributed by atoms with Crippen molar-refractivity contribution in [3.8, 4) is 17.6 Å². The van der Waals surface area contributed by atoms with Gasteiger partial charge in [-0.2, -0.15) is 13.2 Å². The number of methoxy groups -OCH3 is 1.